The van der Waals surface area contributed by atoms with E-state index in [0.29, 0.717) is 12.6 Å². The maximum absolute atomic E-state index is 11.5. The van der Waals surface area contributed by atoms with Crippen molar-refractivity contribution in [2.75, 3.05) is 16.8 Å². The third-order valence-electron chi connectivity index (χ3n) is 2.50. The molecule has 1 amide bonds. The van der Waals surface area contributed by atoms with Crippen LogP contribution in [0.25, 0.3) is 0 Å². The van der Waals surface area contributed by atoms with Gasteiger partial charge in [0.2, 0.25) is 5.91 Å². The molecular formula is C11H13BrN2O. The molecule has 1 aromatic rings. The van der Waals surface area contributed by atoms with Crippen molar-refractivity contribution in [1.82, 2.24) is 0 Å². The zero-order valence-corrected chi connectivity index (χ0v) is 10.3. The fourth-order valence-electron chi connectivity index (χ4n) is 1.76. The molecule has 1 aliphatic heterocycles. The molecule has 1 aliphatic rings. The molecule has 0 unspecified atom stereocenters. The van der Waals surface area contributed by atoms with Crippen molar-refractivity contribution in [2.24, 2.45) is 0 Å². The number of halogens is 1. The number of carbonyl (C=O) groups is 1. The van der Waals surface area contributed by atoms with Gasteiger partial charge in [-0.15, -0.1) is 0 Å². The van der Waals surface area contributed by atoms with Crippen molar-refractivity contribution >= 4 is 33.2 Å². The van der Waals surface area contributed by atoms with Crippen LogP contribution in [0.2, 0.25) is 0 Å². The van der Waals surface area contributed by atoms with Gasteiger partial charge in [0.05, 0.1) is 17.9 Å². The summed E-state index contributed by atoms with van der Waals surface area (Å²) >= 11 is 3.44. The van der Waals surface area contributed by atoms with Gasteiger partial charge in [-0.25, -0.2) is 0 Å². The third kappa shape index (κ3) is 1.86. The largest absolute Gasteiger partial charge is 0.358 e. The highest BCUT2D eigenvalue weighted by Gasteiger charge is 2.24. The Morgan fingerprint density at radius 1 is 1.47 bits per heavy atom. The van der Waals surface area contributed by atoms with Gasteiger partial charge in [0.25, 0.3) is 0 Å². The highest BCUT2D eigenvalue weighted by Crippen LogP contribution is 2.36. The smallest absolute Gasteiger partial charge is 0.243 e. The van der Waals surface area contributed by atoms with E-state index in [2.05, 4.69) is 40.0 Å². The molecule has 0 aromatic heterocycles. The first-order valence-electron chi connectivity index (χ1n) is 4.94. The molecule has 0 aliphatic carbocycles. The molecule has 0 bridgehead atoms. The summed E-state index contributed by atoms with van der Waals surface area (Å²) in [7, 11) is 0. The van der Waals surface area contributed by atoms with Gasteiger partial charge in [0.1, 0.15) is 0 Å². The average Bonchev–Trinajstić information content (AvgIpc) is 2.18. The van der Waals surface area contributed by atoms with Crippen LogP contribution in [0.5, 0.6) is 0 Å². The van der Waals surface area contributed by atoms with E-state index in [0.717, 1.165) is 15.8 Å². The maximum Gasteiger partial charge on any atom is 0.243 e. The summed E-state index contributed by atoms with van der Waals surface area (Å²) < 4.78 is 0.929. The molecule has 0 fully saturated rings. The van der Waals surface area contributed by atoms with Gasteiger partial charge in [0.15, 0.2) is 0 Å². The zero-order chi connectivity index (χ0) is 11.0. The lowest BCUT2D eigenvalue weighted by Crippen LogP contribution is -2.42. The molecule has 2 rings (SSSR count). The van der Waals surface area contributed by atoms with Crippen LogP contribution in [-0.4, -0.2) is 18.5 Å². The number of anilines is 2. The average molecular weight is 269 g/mol. The summed E-state index contributed by atoms with van der Waals surface area (Å²) in [5, 5.41) is 2.89. The Balaban J connectivity index is 2.51. The summed E-state index contributed by atoms with van der Waals surface area (Å²) in [6.45, 7) is 4.60. The standard InChI is InChI=1S/C11H13BrN2O/c1-7(2)14-6-10(15)13-11-8(12)4-3-5-9(11)14/h3-5,7H,6H2,1-2H3,(H,13,15). The second-order valence-electron chi connectivity index (χ2n) is 3.90. The van der Waals surface area contributed by atoms with Gasteiger partial charge in [-0.1, -0.05) is 6.07 Å². The molecule has 1 heterocycles. The van der Waals surface area contributed by atoms with Crippen LogP contribution in [-0.2, 0) is 4.79 Å². The molecule has 4 heteroatoms. The first-order valence-corrected chi connectivity index (χ1v) is 5.74. The van der Waals surface area contributed by atoms with Crippen molar-refractivity contribution in [2.45, 2.75) is 19.9 Å². The first-order chi connectivity index (χ1) is 7.09. The Bertz CT molecular complexity index is 404. The number of hydrogen-bond donors (Lipinski definition) is 1. The highest BCUT2D eigenvalue weighted by molar-refractivity contribution is 9.10. The summed E-state index contributed by atoms with van der Waals surface area (Å²) in [5.74, 6) is 0.0445. The number of benzene rings is 1. The predicted octanol–water partition coefficient (Wildman–Crippen LogP) is 2.62. The number of amides is 1. The van der Waals surface area contributed by atoms with Crippen LogP contribution >= 0.6 is 15.9 Å². The maximum atomic E-state index is 11.5. The molecule has 15 heavy (non-hydrogen) atoms. The molecule has 0 saturated heterocycles. The minimum Gasteiger partial charge on any atom is -0.358 e. The topological polar surface area (TPSA) is 32.3 Å². The van der Waals surface area contributed by atoms with Gasteiger partial charge in [-0.3, -0.25) is 4.79 Å². The molecule has 80 valence electrons. The van der Waals surface area contributed by atoms with Crippen LogP contribution < -0.4 is 10.2 Å². The molecule has 1 N–H and O–H groups in total. The van der Waals surface area contributed by atoms with Crippen molar-refractivity contribution in [3.05, 3.63) is 22.7 Å². The number of hydrogen-bond acceptors (Lipinski definition) is 2. The molecule has 0 atom stereocenters. The minimum absolute atomic E-state index is 0.0445. The second-order valence-corrected chi connectivity index (χ2v) is 4.76. The number of nitrogens with one attached hydrogen (secondary N) is 1. The van der Waals surface area contributed by atoms with Crippen LogP contribution in [0, 0.1) is 0 Å². The molecule has 0 spiro atoms. The monoisotopic (exact) mass is 268 g/mol. The Kier molecular flexibility index (Phi) is 2.69. The Labute approximate surface area is 97.6 Å². The Morgan fingerprint density at radius 3 is 2.87 bits per heavy atom. The van der Waals surface area contributed by atoms with Gasteiger partial charge >= 0.3 is 0 Å². The van der Waals surface area contributed by atoms with E-state index in [1.54, 1.807) is 0 Å². The van der Waals surface area contributed by atoms with E-state index in [4.69, 9.17) is 0 Å². The van der Waals surface area contributed by atoms with Gasteiger partial charge < -0.3 is 10.2 Å². The van der Waals surface area contributed by atoms with Crippen molar-refractivity contribution in [3.8, 4) is 0 Å². The van der Waals surface area contributed by atoms with E-state index in [-0.39, 0.29) is 5.91 Å². The van der Waals surface area contributed by atoms with Crippen molar-refractivity contribution in [1.29, 1.82) is 0 Å². The third-order valence-corrected chi connectivity index (χ3v) is 3.16. The van der Waals surface area contributed by atoms with Crippen LogP contribution in [0.4, 0.5) is 11.4 Å². The molecule has 3 nitrogen and oxygen atoms in total. The van der Waals surface area contributed by atoms with Gasteiger partial charge in [-0.05, 0) is 41.9 Å². The number of nitrogens with zero attached hydrogens (tertiary/aromatic N) is 1. The summed E-state index contributed by atoms with van der Waals surface area (Å²) in [6.07, 6.45) is 0. The van der Waals surface area contributed by atoms with Gasteiger partial charge in [0, 0.05) is 10.5 Å². The molecule has 1 aromatic carbocycles. The zero-order valence-electron chi connectivity index (χ0n) is 8.75. The van der Waals surface area contributed by atoms with Crippen LogP contribution in [0.3, 0.4) is 0 Å². The second kappa shape index (κ2) is 3.85. The summed E-state index contributed by atoms with van der Waals surface area (Å²) in [5.41, 5.74) is 1.96. The van der Waals surface area contributed by atoms with Crippen LogP contribution in [0.15, 0.2) is 22.7 Å². The van der Waals surface area contributed by atoms with Crippen molar-refractivity contribution in [3.63, 3.8) is 0 Å². The molecule has 0 radical (unpaired) electrons. The normalized spacial score (nSPS) is 15.2. The van der Waals surface area contributed by atoms with E-state index in [1.165, 1.54) is 0 Å². The number of fused-ring (bicyclic) bond motifs is 1. The minimum atomic E-state index is 0.0445. The van der Waals surface area contributed by atoms with Crippen molar-refractivity contribution < 1.29 is 4.79 Å². The van der Waals surface area contributed by atoms with Gasteiger partial charge in [-0.2, -0.15) is 0 Å². The fraction of sp³-hybridized carbons (Fsp3) is 0.364. The predicted molar refractivity (Wildman–Crippen MR) is 65.3 cm³/mol. The van der Waals surface area contributed by atoms with E-state index >= 15 is 0 Å². The summed E-state index contributed by atoms with van der Waals surface area (Å²) in [6, 6.07) is 6.27. The number of para-hydroxylation sites is 1. The Morgan fingerprint density at radius 2 is 2.20 bits per heavy atom. The van der Waals surface area contributed by atoms with E-state index in [9.17, 15) is 4.79 Å². The lowest BCUT2D eigenvalue weighted by molar-refractivity contribution is -0.115. The highest BCUT2D eigenvalue weighted by atomic mass is 79.9. The van der Waals surface area contributed by atoms with Crippen LogP contribution in [0.1, 0.15) is 13.8 Å². The molecule has 0 saturated carbocycles. The number of carbonyl (C=O) groups excluding carboxylic acids is 1. The summed E-state index contributed by atoms with van der Waals surface area (Å²) in [4.78, 5) is 13.6. The Hall–Kier alpha value is -1.03. The molecular weight excluding hydrogens is 256 g/mol. The van der Waals surface area contributed by atoms with E-state index < -0.39 is 0 Å². The quantitative estimate of drug-likeness (QED) is 0.850. The first kappa shape index (κ1) is 10.5. The van der Waals surface area contributed by atoms with E-state index in [1.807, 2.05) is 18.2 Å². The SMILES string of the molecule is CC(C)N1CC(=O)Nc2c(Br)cccc21. The lowest BCUT2D eigenvalue weighted by atomic mass is 10.1. The lowest BCUT2D eigenvalue weighted by Gasteiger charge is -2.34. The fourth-order valence-corrected chi connectivity index (χ4v) is 2.21. The number of rotatable bonds is 1.